The van der Waals surface area contributed by atoms with Crippen LogP contribution in [0.5, 0.6) is 0 Å². The number of rotatable bonds is 3. The summed E-state index contributed by atoms with van der Waals surface area (Å²) in [4.78, 5) is 28.0. The molecule has 110 valence electrons. The van der Waals surface area contributed by atoms with Gasteiger partial charge in [0, 0.05) is 17.1 Å². The first kappa shape index (κ1) is 14.9. The van der Waals surface area contributed by atoms with Crippen LogP contribution in [0.1, 0.15) is 24.4 Å². The van der Waals surface area contributed by atoms with Crippen molar-refractivity contribution in [2.24, 2.45) is 0 Å². The molecular weight excluding hydrogens is 273 g/mol. The molecule has 0 saturated heterocycles. The minimum Gasteiger partial charge on any atom is -0.324 e. The van der Waals surface area contributed by atoms with Crippen LogP contribution in [-0.4, -0.2) is 15.5 Å². The van der Waals surface area contributed by atoms with Gasteiger partial charge in [0.2, 0.25) is 5.91 Å². The Morgan fingerprint density at radius 3 is 2.48 bits per heavy atom. The van der Waals surface area contributed by atoms with Crippen LogP contribution in [0, 0.1) is 19.7 Å². The summed E-state index contributed by atoms with van der Waals surface area (Å²) in [6.07, 6.45) is 0. The summed E-state index contributed by atoms with van der Waals surface area (Å²) in [7, 11) is 0. The van der Waals surface area contributed by atoms with E-state index in [2.05, 4.69) is 10.3 Å². The monoisotopic (exact) mass is 289 g/mol. The summed E-state index contributed by atoms with van der Waals surface area (Å²) < 4.78 is 14.2. The van der Waals surface area contributed by atoms with E-state index >= 15 is 0 Å². The van der Waals surface area contributed by atoms with Crippen molar-refractivity contribution >= 4 is 11.6 Å². The van der Waals surface area contributed by atoms with E-state index in [1.165, 1.54) is 28.8 Å². The number of nitrogens with zero attached hydrogens (tertiary/aromatic N) is 2. The molecule has 1 atom stereocenters. The normalized spacial score (nSPS) is 12.0. The zero-order chi connectivity index (χ0) is 15.6. The number of amides is 1. The van der Waals surface area contributed by atoms with Gasteiger partial charge in [-0.25, -0.2) is 9.18 Å². The van der Waals surface area contributed by atoms with Crippen molar-refractivity contribution in [2.45, 2.75) is 26.8 Å². The largest absolute Gasteiger partial charge is 0.348 e. The summed E-state index contributed by atoms with van der Waals surface area (Å²) in [6.45, 7) is 5.09. The highest BCUT2D eigenvalue weighted by Gasteiger charge is 2.18. The van der Waals surface area contributed by atoms with Crippen molar-refractivity contribution < 1.29 is 9.18 Å². The highest BCUT2D eigenvalue weighted by Crippen LogP contribution is 2.13. The lowest BCUT2D eigenvalue weighted by atomic mass is 10.2. The van der Waals surface area contributed by atoms with Crippen LogP contribution in [0.4, 0.5) is 10.1 Å². The quantitative estimate of drug-likeness (QED) is 0.942. The molecule has 0 radical (unpaired) electrons. The van der Waals surface area contributed by atoms with Crippen LogP contribution >= 0.6 is 0 Å². The van der Waals surface area contributed by atoms with Gasteiger partial charge < -0.3 is 5.32 Å². The molecule has 5 nitrogen and oxygen atoms in total. The average molecular weight is 289 g/mol. The Labute approximate surface area is 121 Å². The fourth-order valence-corrected chi connectivity index (χ4v) is 2.13. The van der Waals surface area contributed by atoms with Crippen LogP contribution in [0.2, 0.25) is 0 Å². The summed E-state index contributed by atoms with van der Waals surface area (Å²) in [5, 5.41) is 2.64. The molecule has 1 N–H and O–H groups in total. The van der Waals surface area contributed by atoms with E-state index in [1.807, 2.05) is 0 Å². The molecule has 6 heteroatoms. The van der Waals surface area contributed by atoms with Crippen molar-refractivity contribution in [3.63, 3.8) is 0 Å². The van der Waals surface area contributed by atoms with E-state index in [1.54, 1.807) is 26.8 Å². The van der Waals surface area contributed by atoms with Gasteiger partial charge in [0.05, 0.1) is 0 Å². The molecule has 2 aromatic rings. The molecule has 0 bridgehead atoms. The molecule has 2 rings (SSSR count). The standard InChI is InChI=1S/C15H16FN3O2/c1-9-8-10(2)19(15(21)17-9)11(3)14(20)18-13-6-4-12(16)5-7-13/h4-8,11H,1-3H3,(H,18,20). The smallest absolute Gasteiger partial charge is 0.324 e. The number of carbonyl (C=O) groups is 1. The topological polar surface area (TPSA) is 64.0 Å². The van der Waals surface area contributed by atoms with E-state index in [9.17, 15) is 14.0 Å². The Morgan fingerprint density at radius 2 is 1.90 bits per heavy atom. The molecule has 0 spiro atoms. The Balaban J connectivity index is 2.24. The van der Waals surface area contributed by atoms with Gasteiger partial charge in [0.25, 0.3) is 0 Å². The fraction of sp³-hybridized carbons (Fsp3) is 0.267. The molecule has 1 amide bonds. The summed E-state index contributed by atoms with van der Waals surface area (Å²) >= 11 is 0. The molecule has 1 aromatic heterocycles. The van der Waals surface area contributed by atoms with Crippen molar-refractivity contribution in [1.29, 1.82) is 0 Å². The molecule has 0 fully saturated rings. The number of hydrogen-bond donors (Lipinski definition) is 1. The van der Waals surface area contributed by atoms with Crippen molar-refractivity contribution in [3.8, 4) is 0 Å². The van der Waals surface area contributed by atoms with Gasteiger partial charge in [-0.15, -0.1) is 0 Å². The number of carbonyl (C=O) groups excluding carboxylic acids is 1. The molecule has 0 saturated carbocycles. The van der Waals surface area contributed by atoms with E-state index in [0.29, 0.717) is 17.1 Å². The van der Waals surface area contributed by atoms with E-state index in [4.69, 9.17) is 0 Å². The Hall–Kier alpha value is -2.50. The summed E-state index contributed by atoms with van der Waals surface area (Å²) in [6, 6.07) is 6.46. The SMILES string of the molecule is Cc1cc(C)n(C(C)C(=O)Nc2ccc(F)cc2)c(=O)n1. The zero-order valence-corrected chi connectivity index (χ0v) is 12.1. The maximum absolute atomic E-state index is 12.8. The molecule has 1 heterocycles. The van der Waals surface area contributed by atoms with Crippen molar-refractivity contribution in [1.82, 2.24) is 9.55 Å². The predicted molar refractivity (Wildman–Crippen MR) is 77.7 cm³/mol. The highest BCUT2D eigenvalue weighted by atomic mass is 19.1. The lowest BCUT2D eigenvalue weighted by Gasteiger charge is -2.17. The second kappa shape index (κ2) is 5.87. The minimum absolute atomic E-state index is 0.363. The zero-order valence-electron chi connectivity index (χ0n) is 12.1. The maximum Gasteiger partial charge on any atom is 0.348 e. The summed E-state index contributed by atoms with van der Waals surface area (Å²) in [5.41, 5.74) is 1.28. The Bertz CT molecular complexity index is 723. The van der Waals surface area contributed by atoms with Gasteiger partial charge in [-0.05, 0) is 51.1 Å². The van der Waals surface area contributed by atoms with E-state index < -0.39 is 11.7 Å². The van der Waals surface area contributed by atoms with Gasteiger partial charge >= 0.3 is 5.69 Å². The van der Waals surface area contributed by atoms with Crippen LogP contribution in [0.3, 0.4) is 0 Å². The second-order valence-electron chi connectivity index (χ2n) is 4.86. The Kier molecular flexibility index (Phi) is 4.16. The van der Waals surface area contributed by atoms with Crippen molar-refractivity contribution in [3.05, 3.63) is 58.0 Å². The number of anilines is 1. The van der Waals surface area contributed by atoms with Crippen molar-refractivity contribution in [2.75, 3.05) is 5.32 Å². The van der Waals surface area contributed by atoms with Gasteiger partial charge in [0.1, 0.15) is 11.9 Å². The lowest BCUT2D eigenvalue weighted by Crippen LogP contribution is -2.34. The number of aryl methyl sites for hydroxylation is 2. The number of nitrogens with one attached hydrogen (secondary N) is 1. The van der Waals surface area contributed by atoms with Crippen LogP contribution < -0.4 is 11.0 Å². The molecule has 0 aliphatic carbocycles. The summed E-state index contributed by atoms with van der Waals surface area (Å²) in [5.74, 6) is -0.742. The molecular formula is C15H16FN3O2. The van der Waals surface area contributed by atoms with Crippen LogP contribution in [0.25, 0.3) is 0 Å². The van der Waals surface area contributed by atoms with Gasteiger partial charge in [-0.1, -0.05) is 0 Å². The number of aromatic nitrogens is 2. The number of benzene rings is 1. The first-order chi connectivity index (χ1) is 9.88. The lowest BCUT2D eigenvalue weighted by molar-refractivity contribution is -0.118. The fourth-order valence-electron chi connectivity index (χ4n) is 2.13. The Morgan fingerprint density at radius 1 is 1.29 bits per heavy atom. The third-order valence-electron chi connectivity index (χ3n) is 3.15. The van der Waals surface area contributed by atoms with E-state index in [-0.39, 0.29) is 11.7 Å². The third kappa shape index (κ3) is 3.34. The van der Waals surface area contributed by atoms with Gasteiger partial charge in [0.15, 0.2) is 0 Å². The molecule has 0 aliphatic heterocycles. The number of halogens is 1. The molecule has 21 heavy (non-hydrogen) atoms. The average Bonchev–Trinajstić information content (AvgIpc) is 2.40. The molecule has 1 unspecified atom stereocenters. The van der Waals surface area contributed by atoms with Crippen LogP contribution in [0.15, 0.2) is 35.1 Å². The predicted octanol–water partition coefficient (Wildman–Crippen LogP) is 2.20. The molecule has 0 aliphatic rings. The van der Waals surface area contributed by atoms with Gasteiger partial charge in [-0.3, -0.25) is 9.36 Å². The first-order valence-corrected chi connectivity index (χ1v) is 6.51. The third-order valence-corrected chi connectivity index (χ3v) is 3.15. The number of hydrogen-bond acceptors (Lipinski definition) is 3. The maximum atomic E-state index is 12.8. The second-order valence-corrected chi connectivity index (χ2v) is 4.86. The van der Waals surface area contributed by atoms with E-state index in [0.717, 1.165) is 0 Å². The van der Waals surface area contributed by atoms with Crippen LogP contribution in [-0.2, 0) is 4.79 Å². The first-order valence-electron chi connectivity index (χ1n) is 6.51. The van der Waals surface area contributed by atoms with Gasteiger partial charge in [-0.2, -0.15) is 4.98 Å². The highest BCUT2D eigenvalue weighted by molar-refractivity contribution is 5.93. The minimum atomic E-state index is -0.712. The molecule has 1 aromatic carbocycles.